The lowest BCUT2D eigenvalue weighted by molar-refractivity contribution is -0.121. The fourth-order valence-electron chi connectivity index (χ4n) is 1.62. The van der Waals surface area contributed by atoms with Gasteiger partial charge in [0.1, 0.15) is 0 Å². The molecule has 0 saturated heterocycles. The maximum Gasteiger partial charge on any atom is 0.234 e. The van der Waals surface area contributed by atoms with E-state index in [2.05, 4.69) is 10.7 Å². The zero-order valence-electron chi connectivity index (χ0n) is 9.16. The number of benzene rings is 1. The molecule has 5 nitrogen and oxygen atoms in total. The monoisotopic (exact) mass is 251 g/mol. The topological polar surface area (TPSA) is 84.2 Å². The van der Waals surface area contributed by atoms with Gasteiger partial charge in [-0.2, -0.15) is 0 Å². The third kappa shape index (κ3) is 2.98. The van der Waals surface area contributed by atoms with Crippen LogP contribution in [0.5, 0.6) is 0 Å². The van der Waals surface area contributed by atoms with Gasteiger partial charge in [-0.15, -0.1) is 11.8 Å². The van der Waals surface area contributed by atoms with Gasteiger partial charge in [0.05, 0.1) is 11.4 Å². The highest BCUT2D eigenvalue weighted by atomic mass is 32.2. The number of nitrogens with one attached hydrogen (secondary N) is 2. The molecule has 0 fully saturated rings. The zero-order chi connectivity index (χ0) is 12.3. The summed E-state index contributed by atoms with van der Waals surface area (Å²) in [7, 11) is 0. The highest BCUT2D eigenvalue weighted by molar-refractivity contribution is 8.00. The molecule has 0 bridgehead atoms. The van der Waals surface area contributed by atoms with Crippen molar-refractivity contribution in [3.8, 4) is 0 Å². The predicted octanol–water partition coefficient (Wildman–Crippen LogP) is 0.653. The van der Waals surface area contributed by atoms with Crippen molar-refractivity contribution >= 4 is 29.3 Å². The minimum absolute atomic E-state index is 0.0133. The van der Waals surface area contributed by atoms with E-state index in [4.69, 9.17) is 5.84 Å². The van der Waals surface area contributed by atoms with Crippen LogP contribution in [0.15, 0.2) is 23.1 Å². The molecular weight excluding hydrogens is 238 g/mol. The van der Waals surface area contributed by atoms with Crippen LogP contribution in [0.3, 0.4) is 0 Å². The Kier molecular flexibility index (Phi) is 3.65. The van der Waals surface area contributed by atoms with Crippen molar-refractivity contribution in [1.82, 2.24) is 5.43 Å². The van der Waals surface area contributed by atoms with Gasteiger partial charge in [0.25, 0.3) is 0 Å². The lowest BCUT2D eigenvalue weighted by Gasteiger charge is -2.16. The fourth-order valence-corrected chi connectivity index (χ4v) is 2.40. The van der Waals surface area contributed by atoms with E-state index < -0.39 is 0 Å². The summed E-state index contributed by atoms with van der Waals surface area (Å²) < 4.78 is 0. The number of hydrazine groups is 1. The summed E-state index contributed by atoms with van der Waals surface area (Å²) in [4.78, 5) is 23.3. The largest absolute Gasteiger partial charge is 0.324 e. The number of thioether (sulfide) groups is 1. The van der Waals surface area contributed by atoms with Crippen LogP contribution < -0.4 is 16.6 Å². The summed E-state index contributed by atoms with van der Waals surface area (Å²) in [5, 5.41) is 2.82. The van der Waals surface area contributed by atoms with E-state index in [0.717, 1.165) is 16.1 Å². The number of rotatable bonds is 3. The van der Waals surface area contributed by atoms with Crippen molar-refractivity contribution in [3.05, 3.63) is 23.8 Å². The highest BCUT2D eigenvalue weighted by Gasteiger charge is 2.15. The van der Waals surface area contributed by atoms with Gasteiger partial charge in [0.2, 0.25) is 11.8 Å². The van der Waals surface area contributed by atoms with E-state index in [1.54, 1.807) is 0 Å². The van der Waals surface area contributed by atoms with E-state index in [1.165, 1.54) is 11.8 Å². The number of aryl methyl sites for hydroxylation is 1. The molecule has 0 radical (unpaired) electrons. The van der Waals surface area contributed by atoms with Gasteiger partial charge in [0, 0.05) is 11.3 Å². The van der Waals surface area contributed by atoms with Crippen molar-refractivity contribution in [2.24, 2.45) is 5.84 Å². The minimum atomic E-state index is -0.193. The van der Waals surface area contributed by atoms with Crippen LogP contribution in [0.25, 0.3) is 0 Å². The molecule has 0 aromatic heterocycles. The smallest absolute Gasteiger partial charge is 0.234 e. The second kappa shape index (κ2) is 5.20. The van der Waals surface area contributed by atoms with Crippen molar-refractivity contribution in [1.29, 1.82) is 0 Å². The van der Waals surface area contributed by atoms with E-state index in [1.807, 2.05) is 18.2 Å². The fraction of sp³-hybridized carbons (Fsp3) is 0.273. The van der Waals surface area contributed by atoms with Crippen LogP contribution >= 0.6 is 11.8 Å². The van der Waals surface area contributed by atoms with Crippen molar-refractivity contribution in [2.45, 2.75) is 17.7 Å². The molecule has 1 aliphatic rings. The summed E-state index contributed by atoms with van der Waals surface area (Å²) in [6.45, 7) is 0. The van der Waals surface area contributed by atoms with Crippen LogP contribution in [0.1, 0.15) is 12.0 Å². The van der Waals surface area contributed by atoms with Gasteiger partial charge in [-0.3, -0.25) is 15.0 Å². The third-order valence-electron chi connectivity index (χ3n) is 2.48. The molecule has 17 heavy (non-hydrogen) atoms. The van der Waals surface area contributed by atoms with Crippen LogP contribution in [0.2, 0.25) is 0 Å². The second-order valence-corrected chi connectivity index (χ2v) is 4.75. The summed E-state index contributed by atoms with van der Waals surface area (Å²) >= 11 is 1.52. The first kappa shape index (κ1) is 11.9. The molecule has 6 heteroatoms. The number of amides is 2. The molecule has 0 aliphatic carbocycles. The maximum atomic E-state index is 11.2. The summed E-state index contributed by atoms with van der Waals surface area (Å²) in [6, 6.07) is 5.84. The minimum Gasteiger partial charge on any atom is -0.324 e. The van der Waals surface area contributed by atoms with Crippen LogP contribution in [0, 0.1) is 0 Å². The van der Waals surface area contributed by atoms with Crippen molar-refractivity contribution < 1.29 is 9.59 Å². The van der Waals surface area contributed by atoms with Crippen molar-refractivity contribution in [3.63, 3.8) is 0 Å². The number of hydrogen-bond acceptors (Lipinski definition) is 4. The van der Waals surface area contributed by atoms with Crippen LogP contribution in [-0.4, -0.2) is 17.6 Å². The van der Waals surface area contributed by atoms with Crippen LogP contribution in [-0.2, 0) is 16.0 Å². The lowest BCUT2D eigenvalue weighted by Crippen LogP contribution is -2.30. The Bertz CT molecular complexity index is 462. The second-order valence-electron chi connectivity index (χ2n) is 3.73. The Labute approximate surface area is 103 Å². The molecule has 0 unspecified atom stereocenters. The Balaban J connectivity index is 2.07. The van der Waals surface area contributed by atoms with E-state index in [9.17, 15) is 9.59 Å². The molecule has 1 aliphatic heterocycles. The Hall–Kier alpha value is -1.53. The number of fused-ring (bicyclic) bond motifs is 1. The number of carbonyl (C=O) groups is 2. The quantitative estimate of drug-likeness (QED) is 0.418. The number of hydrogen-bond donors (Lipinski definition) is 3. The molecule has 4 N–H and O–H groups in total. The van der Waals surface area contributed by atoms with Gasteiger partial charge in [-0.1, -0.05) is 6.07 Å². The summed E-state index contributed by atoms with van der Waals surface area (Å²) in [5.41, 5.74) is 3.93. The average Bonchev–Trinajstić information content (AvgIpc) is 2.35. The standard InChI is InChI=1S/C11H13N3O2S/c12-14-10(15)4-2-7-1-3-9-8(5-7)13-11(16)6-17-9/h1,3,5H,2,4,6,12H2,(H,13,16)(H,14,15). The van der Waals surface area contributed by atoms with Gasteiger partial charge >= 0.3 is 0 Å². The maximum absolute atomic E-state index is 11.2. The normalized spacial score (nSPS) is 13.8. The molecule has 0 spiro atoms. The number of carbonyl (C=O) groups excluding carboxylic acids is 2. The molecule has 1 heterocycles. The van der Waals surface area contributed by atoms with E-state index >= 15 is 0 Å². The van der Waals surface area contributed by atoms with E-state index in [-0.39, 0.29) is 11.8 Å². The highest BCUT2D eigenvalue weighted by Crippen LogP contribution is 2.32. The molecule has 1 aromatic rings. The molecule has 1 aromatic carbocycles. The number of anilines is 1. The Morgan fingerprint density at radius 1 is 1.53 bits per heavy atom. The van der Waals surface area contributed by atoms with Crippen LogP contribution in [0.4, 0.5) is 5.69 Å². The SMILES string of the molecule is NNC(=O)CCc1ccc2c(c1)NC(=O)CS2. The predicted molar refractivity (Wildman–Crippen MR) is 66.4 cm³/mol. The third-order valence-corrected chi connectivity index (χ3v) is 3.55. The zero-order valence-corrected chi connectivity index (χ0v) is 9.97. The van der Waals surface area contributed by atoms with Gasteiger partial charge in [-0.05, 0) is 24.1 Å². The summed E-state index contributed by atoms with van der Waals surface area (Å²) in [5.74, 6) is 5.29. The van der Waals surface area contributed by atoms with E-state index in [0.29, 0.717) is 18.6 Å². The number of nitrogens with two attached hydrogens (primary N) is 1. The average molecular weight is 251 g/mol. The molecule has 90 valence electrons. The Morgan fingerprint density at radius 3 is 3.12 bits per heavy atom. The first-order chi connectivity index (χ1) is 8.19. The molecule has 2 amide bonds. The first-order valence-corrected chi connectivity index (χ1v) is 6.22. The van der Waals surface area contributed by atoms with Crippen molar-refractivity contribution in [2.75, 3.05) is 11.1 Å². The molecule has 0 atom stereocenters. The molecule has 0 saturated carbocycles. The Morgan fingerprint density at radius 2 is 2.35 bits per heavy atom. The van der Waals surface area contributed by atoms with Gasteiger partial charge in [0.15, 0.2) is 0 Å². The molecule has 2 rings (SSSR count). The lowest BCUT2D eigenvalue weighted by atomic mass is 10.1. The first-order valence-electron chi connectivity index (χ1n) is 5.24. The molecular formula is C11H13N3O2S. The summed E-state index contributed by atoms with van der Waals surface area (Å²) in [6.07, 6.45) is 0.952. The van der Waals surface area contributed by atoms with Gasteiger partial charge < -0.3 is 5.32 Å². The van der Waals surface area contributed by atoms with Gasteiger partial charge in [-0.25, -0.2) is 5.84 Å².